The van der Waals surface area contributed by atoms with Gasteiger partial charge >= 0.3 is 6.03 Å². The molecule has 2 unspecified atom stereocenters. The van der Waals surface area contributed by atoms with Gasteiger partial charge in [0.15, 0.2) is 0 Å². The van der Waals surface area contributed by atoms with Gasteiger partial charge in [0, 0.05) is 13.1 Å². The van der Waals surface area contributed by atoms with Crippen molar-refractivity contribution in [2.45, 2.75) is 25.8 Å². The minimum Gasteiger partial charge on any atom is -0.338 e. The summed E-state index contributed by atoms with van der Waals surface area (Å²) < 4.78 is 0. The van der Waals surface area contributed by atoms with Crippen molar-refractivity contribution < 1.29 is 4.79 Å². The molecule has 1 heterocycles. The van der Waals surface area contributed by atoms with Crippen molar-refractivity contribution in [2.24, 2.45) is 11.8 Å². The van der Waals surface area contributed by atoms with Gasteiger partial charge in [0.1, 0.15) is 0 Å². The van der Waals surface area contributed by atoms with Crippen LogP contribution in [0.5, 0.6) is 0 Å². The molecule has 2 atom stereocenters. The maximum atomic E-state index is 12.1. The summed E-state index contributed by atoms with van der Waals surface area (Å²) in [6.45, 7) is 3.93. The molecule has 2 fully saturated rings. The Kier molecular flexibility index (Phi) is 2.98. The number of carbonyl (C=O) groups is 1. The molecule has 0 aromatic heterocycles. The molecule has 1 aromatic rings. The monoisotopic (exact) mass is 244 g/mol. The van der Waals surface area contributed by atoms with Crippen LogP contribution in [0, 0.1) is 11.8 Å². The first-order valence-electron chi connectivity index (χ1n) is 6.85. The summed E-state index contributed by atoms with van der Waals surface area (Å²) in [6, 6.07) is 10.7. The summed E-state index contributed by atoms with van der Waals surface area (Å²) in [5.41, 5.74) is 1.25. The lowest BCUT2D eigenvalue weighted by molar-refractivity contribution is 0.0592. The number of hydrogen-bond acceptors (Lipinski definition) is 1. The smallest absolute Gasteiger partial charge is 0.317 e. The van der Waals surface area contributed by atoms with Crippen LogP contribution in [0.25, 0.3) is 0 Å². The number of carbonyl (C=O) groups excluding carboxylic acids is 1. The van der Waals surface area contributed by atoms with Crippen molar-refractivity contribution in [2.75, 3.05) is 13.1 Å². The summed E-state index contributed by atoms with van der Waals surface area (Å²) in [6.07, 6.45) is 2.55. The number of hydrogen-bond donors (Lipinski definition) is 1. The first kappa shape index (κ1) is 11.6. The lowest BCUT2D eigenvalue weighted by Crippen LogP contribution is -2.55. The second-order valence-electron chi connectivity index (χ2n) is 5.61. The summed E-state index contributed by atoms with van der Waals surface area (Å²) in [5.74, 6) is 1.29. The van der Waals surface area contributed by atoms with E-state index in [1.165, 1.54) is 18.4 Å². The van der Waals surface area contributed by atoms with E-state index in [1.54, 1.807) is 0 Å². The van der Waals surface area contributed by atoms with Crippen molar-refractivity contribution >= 4 is 6.03 Å². The molecule has 1 aliphatic carbocycles. The topological polar surface area (TPSA) is 32.3 Å². The molecule has 0 radical (unpaired) electrons. The predicted octanol–water partition coefficient (Wildman–Crippen LogP) is 2.80. The Hall–Kier alpha value is -1.51. The highest BCUT2D eigenvalue weighted by Gasteiger charge is 2.40. The molecule has 2 amide bonds. The Morgan fingerprint density at radius 1 is 1.33 bits per heavy atom. The molecule has 3 nitrogen and oxygen atoms in total. The largest absolute Gasteiger partial charge is 0.338 e. The third-order valence-corrected chi connectivity index (χ3v) is 4.00. The van der Waals surface area contributed by atoms with Gasteiger partial charge in [-0.15, -0.1) is 0 Å². The van der Waals surface area contributed by atoms with Crippen LogP contribution in [0.1, 0.15) is 31.4 Å². The molecular weight excluding hydrogens is 224 g/mol. The Bertz CT molecular complexity index is 427. The summed E-state index contributed by atoms with van der Waals surface area (Å²) >= 11 is 0. The Morgan fingerprint density at radius 2 is 2.06 bits per heavy atom. The van der Waals surface area contributed by atoms with Crippen LogP contribution in [0.15, 0.2) is 30.3 Å². The van der Waals surface area contributed by atoms with Gasteiger partial charge in [-0.2, -0.15) is 0 Å². The third-order valence-electron chi connectivity index (χ3n) is 4.00. The van der Waals surface area contributed by atoms with E-state index in [1.807, 2.05) is 23.1 Å². The lowest BCUT2D eigenvalue weighted by atomic mass is 9.85. The fraction of sp³-hybridized carbons (Fsp3) is 0.533. The average molecular weight is 244 g/mol. The highest BCUT2D eigenvalue weighted by Crippen LogP contribution is 2.38. The van der Waals surface area contributed by atoms with Gasteiger partial charge in [-0.3, -0.25) is 0 Å². The van der Waals surface area contributed by atoms with E-state index in [0.29, 0.717) is 5.92 Å². The summed E-state index contributed by atoms with van der Waals surface area (Å²) in [5, 5.41) is 3.05. The van der Waals surface area contributed by atoms with E-state index in [2.05, 4.69) is 24.4 Å². The minimum absolute atomic E-state index is 0.105. The maximum Gasteiger partial charge on any atom is 0.317 e. The fourth-order valence-electron chi connectivity index (χ4n) is 2.72. The quantitative estimate of drug-likeness (QED) is 0.871. The van der Waals surface area contributed by atoms with Gasteiger partial charge in [0.25, 0.3) is 0 Å². The third kappa shape index (κ3) is 2.22. The number of nitrogens with one attached hydrogen (secondary N) is 1. The molecular formula is C15H20N2O. The highest BCUT2D eigenvalue weighted by atomic mass is 16.2. The van der Waals surface area contributed by atoms with Crippen LogP contribution < -0.4 is 5.32 Å². The standard InChI is InChI=1S/C15H20N2O/c1-11-10-17(15(18)16-9-12-7-8-12)14(11)13-5-3-2-4-6-13/h2-6,11-12,14H,7-10H2,1H3,(H,16,18). The van der Waals surface area contributed by atoms with Crippen LogP contribution >= 0.6 is 0 Å². The summed E-state index contributed by atoms with van der Waals surface area (Å²) in [7, 11) is 0. The van der Waals surface area contributed by atoms with Crippen LogP contribution in [-0.2, 0) is 0 Å². The zero-order chi connectivity index (χ0) is 12.5. The second-order valence-corrected chi connectivity index (χ2v) is 5.61. The molecule has 96 valence electrons. The number of amides is 2. The van der Waals surface area contributed by atoms with E-state index in [0.717, 1.165) is 19.0 Å². The fourth-order valence-corrected chi connectivity index (χ4v) is 2.72. The van der Waals surface area contributed by atoms with E-state index < -0.39 is 0 Å². The molecule has 2 aliphatic rings. The Balaban J connectivity index is 1.63. The first-order chi connectivity index (χ1) is 8.75. The number of urea groups is 1. The van der Waals surface area contributed by atoms with Crippen molar-refractivity contribution in [3.05, 3.63) is 35.9 Å². The van der Waals surface area contributed by atoms with Crippen LogP contribution in [0.2, 0.25) is 0 Å². The van der Waals surface area contributed by atoms with Crippen molar-refractivity contribution in [1.82, 2.24) is 10.2 Å². The normalized spacial score (nSPS) is 26.6. The van der Waals surface area contributed by atoms with E-state index in [-0.39, 0.29) is 12.1 Å². The van der Waals surface area contributed by atoms with Crippen LogP contribution in [-0.4, -0.2) is 24.0 Å². The second kappa shape index (κ2) is 4.63. The average Bonchev–Trinajstić information content (AvgIpc) is 3.18. The SMILES string of the molecule is CC1CN(C(=O)NCC2CC2)C1c1ccccc1. The molecule has 1 aromatic carbocycles. The van der Waals surface area contributed by atoms with Gasteiger partial charge < -0.3 is 10.2 Å². The van der Waals surface area contributed by atoms with Crippen LogP contribution in [0.3, 0.4) is 0 Å². The molecule has 18 heavy (non-hydrogen) atoms. The molecule has 1 saturated heterocycles. The van der Waals surface area contributed by atoms with Crippen molar-refractivity contribution in [3.8, 4) is 0 Å². The Labute approximate surface area is 108 Å². The maximum absolute atomic E-state index is 12.1. The first-order valence-corrected chi connectivity index (χ1v) is 6.85. The van der Waals surface area contributed by atoms with Crippen molar-refractivity contribution in [1.29, 1.82) is 0 Å². The Morgan fingerprint density at radius 3 is 2.67 bits per heavy atom. The highest BCUT2D eigenvalue weighted by molar-refractivity contribution is 5.76. The number of rotatable bonds is 3. The molecule has 1 N–H and O–H groups in total. The zero-order valence-corrected chi connectivity index (χ0v) is 10.8. The van der Waals surface area contributed by atoms with Gasteiger partial charge in [-0.05, 0) is 30.2 Å². The van der Waals surface area contributed by atoms with Gasteiger partial charge in [0.05, 0.1) is 6.04 Å². The molecule has 0 bridgehead atoms. The molecule has 3 rings (SSSR count). The van der Waals surface area contributed by atoms with E-state index in [9.17, 15) is 4.79 Å². The van der Waals surface area contributed by atoms with Crippen molar-refractivity contribution in [3.63, 3.8) is 0 Å². The summed E-state index contributed by atoms with van der Waals surface area (Å²) in [4.78, 5) is 14.1. The van der Waals surface area contributed by atoms with Gasteiger partial charge in [-0.1, -0.05) is 37.3 Å². The van der Waals surface area contributed by atoms with Gasteiger partial charge in [0.2, 0.25) is 0 Å². The minimum atomic E-state index is 0.105. The van der Waals surface area contributed by atoms with E-state index in [4.69, 9.17) is 0 Å². The zero-order valence-electron chi connectivity index (χ0n) is 10.8. The predicted molar refractivity (Wildman–Crippen MR) is 71.2 cm³/mol. The molecule has 0 spiro atoms. The molecule has 1 aliphatic heterocycles. The van der Waals surface area contributed by atoms with E-state index >= 15 is 0 Å². The molecule has 1 saturated carbocycles. The lowest BCUT2D eigenvalue weighted by Gasteiger charge is -2.46. The molecule has 3 heteroatoms. The number of nitrogens with zero attached hydrogens (tertiary/aromatic N) is 1. The van der Waals surface area contributed by atoms with Crippen LogP contribution in [0.4, 0.5) is 4.79 Å². The van der Waals surface area contributed by atoms with Gasteiger partial charge in [-0.25, -0.2) is 4.79 Å². The number of likely N-dealkylation sites (tertiary alicyclic amines) is 1. The number of benzene rings is 1.